The first-order valence-electron chi connectivity index (χ1n) is 13.3. The molecule has 2 saturated carbocycles. The number of ketones is 2. The summed E-state index contributed by atoms with van der Waals surface area (Å²) in [5, 5.41) is 33.0. The van der Waals surface area contributed by atoms with Crippen LogP contribution in [0.5, 0.6) is 0 Å². The molecule has 9 unspecified atom stereocenters. The molecule has 4 aliphatic rings. The fraction of sp³-hybridized carbons (Fsp3) is 0.759. The molecular formula is C29H42O6. The van der Waals surface area contributed by atoms with Crippen LogP contribution in [0.2, 0.25) is 0 Å². The number of allylic oxidation sites excluding steroid dienone is 1. The van der Waals surface area contributed by atoms with Crippen LogP contribution in [0.3, 0.4) is 0 Å². The Bertz CT molecular complexity index is 995. The zero-order chi connectivity index (χ0) is 26.1. The fourth-order valence-electron chi connectivity index (χ4n) is 8.47. The minimum atomic E-state index is -1.25. The summed E-state index contributed by atoms with van der Waals surface area (Å²) in [6.45, 7) is 13.7. The van der Waals surface area contributed by atoms with Crippen molar-refractivity contribution in [3.05, 3.63) is 23.3 Å². The third kappa shape index (κ3) is 3.69. The number of hydrogen-bond donors (Lipinski definition) is 3. The lowest BCUT2D eigenvalue weighted by Gasteiger charge is -2.58. The van der Waals surface area contributed by atoms with Gasteiger partial charge in [0.2, 0.25) is 0 Å². The molecule has 0 aromatic rings. The number of Topliss-reactive ketones (excluding diaryl/α,β-unsaturated/α-hetero) is 2. The first-order chi connectivity index (χ1) is 16.2. The third-order valence-corrected chi connectivity index (χ3v) is 10.9. The van der Waals surface area contributed by atoms with Crippen molar-refractivity contribution < 1.29 is 29.7 Å². The highest BCUT2D eigenvalue weighted by molar-refractivity contribution is 6.01. The summed E-state index contributed by atoms with van der Waals surface area (Å²) in [4.78, 5) is 37.6. The van der Waals surface area contributed by atoms with Crippen LogP contribution in [0.4, 0.5) is 0 Å². The monoisotopic (exact) mass is 486 g/mol. The Labute approximate surface area is 208 Å². The van der Waals surface area contributed by atoms with Gasteiger partial charge in [0.05, 0.1) is 17.6 Å². The summed E-state index contributed by atoms with van der Waals surface area (Å²) >= 11 is 0. The van der Waals surface area contributed by atoms with Gasteiger partial charge in [-0.3, -0.25) is 14.4 Å². The van der Waals surface area contributed by atoms with E-state index in [9.17, 15) is 29.7 Å². The van der Waals surface area contributed by atoms with Gasteiger partial charge in [0.1, 0.15) is 5.78 Å². The molecule has 6 nitrogen and oxygen atoms in total. The van der Waals surface area contributed by atoms with Crippen LogP contribution in [-0.2, 0) is 14.4 Å². The van der Waals surface area contributed by atoms with Crippen LogP contribution in [0.1, 0.15) is 86.0 Å². The van der Waals surface area contributed by atoms with E-state index in [0.717, 1.165) is 12.8 Å². The van der Waals surface area contributed by atoms with E-state index in [1.807, 2.05) is 13.8 Å². The van der Waals surface area contributed by atoms with E-state index in [1.165, 1.54) is 0 Å². The van der Waals surface area contributed by atoms with E-state index in [4.69, 9.17) is 0 Å². The molecule has 0 radical (unpaired) electrons. The van der Waals surface area contributed by atoms with E-state index in [-0.39, 0.29) is 41.7 Å². The van der Waals surface area contributed by atoms with Crippen LogP contribution in [0.15, 0.2) is 23.3 Å². The number of carbonyl (C=O) groups is 3. The standard InChI is InChI=1S/C29H42O6/c1-15(17(3)26(33)34)7-8-16(2)19-9-12-29(35)25-22(31)13-20-18(4)21(30)10-11-27(20,5)24(25)23(32)14-28(19,29)6/h16-20,22,31,35H,1,7-14H2,2-6H3,(H,33,34). The van der Waals surface area contributed by atoms with E-state index in [1.54, 1.807) is 6.92 Å². The van der Waals surface area contributed by atoms with Gasteiger partial charge in [-0.15, -0.1) is 0 Å². The Kier molecular flexibility index (Phi) is 6.50. The van der Waals surface area contributed by atoms with Gasteiger partial charge >= 0.3 is 5.97 Å². The van der Waals surface area contributed by atoms with Crippen molar-refractivity contribution in [1.29, 1.82) is 0 Å². The molecular weight excluding hydrogens is 444 g/mol. The van der Waals surface area contributed by atoms with Crippen molar-refractivity contribution in [2.24, 2.45) is 40.4 Å². The molecule has 0 heterocycles. The molecule has 2 fully saturated rings. The van der Waals surface area contributed by atoms with Crippen LogP contribution >= 0.6 is 0 Å². The fourth-order valence-corrected chi connectivity index (χ4v) is 8.47. The second kappa shape index (κ2) is 8.65. The van der Waals surface area contributed by atoms with Gasteiger partial charge in [-0.05, 0) is 68.8 Å². The van der Waals surface area contributed by atoms with Gasteiger partial charge in [0.25, 0.3) is 0 Å². The number of fused-ring (bicyclic) bond motifs is 4. The summed E-state index contributed by atoms with van der Waals surface area (Å²) in [5.74, 6) is -1.32. The quantitative estimate of drug-likeness (QED) is 0.477. The van der Waals surface area contributed by atoms with Crippen molar-refractivity contribution in [3.63, 3.8) is 0 Å². The maximum absolute atomic E-state index is 13.9. The third-order valence-electron chi connectivity index (χ3n) is 10.9. The molecule has 4 rings (SSSR count). The SMILES string of the molecule is C=C(CCC(C)C1CCC2(O)C3=C(C(=O)CC12C)C1(C)CCC(=O)C(C)C1CC3O)C(C)C(=O)O. The molecule has 0 aliphatic heterocycles. The highest BCUT2D eigenvalue weighted by Crippen LogP contribution is 2.67. The minimum Gasteiger partial charge on any atom is -0.481 e. The topological polar surface area (TPSA) is 112 Å². The van der Waals surface area contributed by atoms with Crippen molar-refractivity contribution in [1.82, 2.24) is 0 Å². The maximum Gasteiger partial charge on any atom is 0.310 e. The van der Waals surface area contributed by atoms with Crippen molar-refractivity contribution in [2.75, 3.05) is 0 Å². The highest BCUT2D eigenvalue weighted by Gasteiger charge is 2.67. The Morgan fingerprint density at radius 1 is 1.20 bits per heavy atom. The summed E-state index contributed by atoms with van der Waals surface area (Å²) < 4.78 is 0. The normalized spacial score (nSPS) is 42.7. The molecule has 3 N–H and O–H groups in total. The van der Waals surface area contributed by atoms with Crippen molar-refractivity contribution in [3.8, 4) is 0 Å². The maximum atomic E-state index is 13.9. The number of carboxylic acids is 1. The first kappa shape index (κ1) is 26.3. The molecule has 0 saturated heterocycles. The predicted octanol–water partition coefficient (Wildman–Crippen LogP) is 4.48. The van der Waals surface area contributed by atoms with Crippen LogP contribution in [0, 0.1) is 40.4 Å². The van der Waals surface area contributed by atoms with E-state index >= 15 is 0 Å². The largest absolute Gasteiger partial charge is 0.481 e. The number of rotatable bonds is 6. The van der Waals surface area contributed by atoms with Crippen molar-refractivity contribution >= 4 is 17.5 Å². The molecule has 194 valence electrons. The Hall–Kier alpha value is -1.79. The molecule has 6 heteroatoms. The summed E-state index contributed by atoms with van der Waals surface area (Å²) in [6, 6.07) is 0. The van der Waals surface area contributed by atoms with E-state index < -0.39 is 34.4 Å². The van der Waals surface area contributed by atoms with Gasteiger partial charge in [-0.1, -0.05) is 39.8 Å². The smallest absolute Gasteiger partial charge is 0.310 e. The minimum absolute atomic E-state index is 0.0167. The number of aliphatic carboxylic acids is 1. The molecule has 4 aliphatic carbocycles. The lowest BCUT2D eigenvalue weighted by atomic mass is 9.47. The molecule has 0 aromatic carbocycles. The van der Waals surface area contributed by atoms with Gasteiger partial charge in [0.15, 0.2) is 5.78 Å². The van der Waals surface area contributed by atoms with Gasteiger partial charge in [-0.2, -0.15) is 0 Å². The number of aliphatic hydroxyl groups is 2. The van der Waals surface area contributed by atoms with Gasteiger partial charge < -0.3 is 15.3 Å². The Morgan fingerprint density at radius 2 is 1.86 bits per heavy atom. The zero-order valence-corrected chi connectivity index (χ0v) is 21.9. The molecule has 0 spiro atoms. The number of carbonyl (C=O) groups excluding carboxylic acids is 2. The number of hydrogen-bond acceptors (Lipinski definition) is 5. The average Bonchev–Trinajstić information content (AvgIpc) is 3.06. The molecule has 0 bridgehead atoms. The lowest BCUT2D eigenvalue weighted by molar-refractivity contribution is -0.142. The van der Waals surface area contributed by atoms with Crippen LogP contribution in [-0.4, -0.2) is 44.6 Å². The zero-order valence-electron chi connectivity index (χ0n) is 21.9. The number of carboxylic acid groups (broad SMARTS) is 1. The lowest BCUT2D eigenvalue weighted by Crippen LogP contribution is -2.60. The average molecular weight is 487 g/mol. The second-order valence-corrected chi connectivity index (χ2v) is 12.6. The van der Waals surface area contributed by atoms with Gasteiger partial charge in [-0.25, -0.2) is 0 Å². The number of aliphatic hydroxyl groups excluding tert-OH is 1. The van der Waals surface area contributed by atoms with E-state index in [0.29, 0.717) is 48.8 Å². The summed E-state index contributed by atoms with van der Waals surface area (Å²) in [5.41, 5.74) is -0.603. The van der Waals surface area contributed by atoms with Crippen molar-refractivity contribution in [2.45, 2.75) is 97.7 Å². The summed E-state index contributed by atoms with van der Waals surface area (Å²) in [6.07, 6.45) is 3.34. The van der Waals surface area contributed by atoms with Gasteiger partial charge in [0, 0.05) is 35.2 Å². The predicted molar refractivity (Wildman–Crippen MR) is 132 cm³/mol. The molecule has 0 amide bonds. The Balaban J connectivity index is 1.66. The highest BCUT2D eigenvalue weighted by atomic mass is 16.4. The van der Waals surface area contributed by atoms with Crippen LogP contribution < -0.4 is 0 Å². The molecule has 0 aromatic heterocycles. The summed E-state index contributed by atoms with van der Waals surface area (Å²) in [7, 11) is 0. The molecule has 35 heavy (non-hydrogen) atoms. The second-order valence-electron chi connectivity index (χ2n) is 12.6. The Morgan fingerprint density at radius 3 is 2.49 bits per heavy atom. The van der Waals surface area contributed by atoms with Crippen LogP contribution in [0.25, 0.3) is 0 Å². The first-order valence-corrected chi connectivity index (χ1v) is 13.3. The molecule has 9 atom stereocenters. The van der Waals surface area contributed by atoms with E-state index in [2.05, 4.69) is 20.4 Å².